The molecule has 0 radical (unpaired) electrons. The van der Waals surface area contributed by atoms with Crippen LogP contribution >= 0.6 is 11.6 Å². The van der Waals surface area contributed by atoms with Gasteiger partial charge in [0, 0.05) is 24.8 Å². The average molecular weight is 279 g/mol. The molecule has 1 heterocycles. The van der Waals surface area contributed by atoms with Gasteiger partial charge in [-0.1, -0.05) is 18.0 Å². The van der Waals surface area contributed by atoms with Gasteiger partial charge in [-0.15, -0.1) is 0 Å². The molecule has 0 saturated heterocycles. The number of amides is 1. The first-order chi connectivity index (χ1) is 9.13. The van der Waals surface area contributed by atoms with E-state index in [0.717, 1.165) is 18.4 Å². The summed E-state index contributed by atoms with van der Waals surface area (Å²) in [5.41, 5.74) is 0.443. The van der Waals surface area contributed by atoms with Gasteiger partial charge in [-0.2, -0.15) is 0 Å². The number of carbonyl (C=O) groups excluding carboxylic acids is 1. The first-order valence-electron chi connectivity index (χ1n) is 7.00. The lowest BCUT2D eigenvalue weighted by Gasteiger charge is -2.27. The molecule has 1 amide bonds. The molecule has 19 heavy (non-hydrogen) atoms. The predicted octanol–water partition coefficient (Wildman–Crippen LogP) is 3.24. The Bertz CT molecular complexity index is 491. The van der Waals surface area contributed by atoms with Crippen molar-refractivity contribution < 1.29 is 4.79 Å². The molecular formula is C15H19ClN2O. The number of halogens is 1. The van der Waals surface area contributed by atoms with Crippen molar-refractivity contribution in [3.8, 4) is 0 Å². The Balaban J connectivity index is 1.64. The normalized spacial score (nSPS) is 28.6. The average Bonchev–Trinajstić information content (AvgIpc) is 3.00. The molecule has 0 spiro atoms. The minimum atomic E-state index is -0.0229. The molecule has 0 aromatic carbocycles. The van der Waals surface area contributed by atoms with E-state index in [1.807, 2.05) is 11.9 Å². The van der Waals surface area contributed by atoms with Crippen LogP contribution < -0.4 is 0 Å². The highest BCUT2D eigenvalue weighted by atomic mass is 35.5. The summed E-state index contributed by atoms with van der Waals surface area (Å²) in [7, 11) is 1.87. The quantitative estimate of drug-likeness (QED) is 0.850. The number of fused-ring (bicyclic) bond motifs is 2. The van der Waals surface area contributed by atoms with Crippen LogP contribution in [0.1, 0.15) is 36.2 Å². The third-order valence-corrected chi connectivity index (χ3v) is 4.92. The van der Waals surface area contributed by atoms with Gasteiger partial charge in [0.25, 0.3) is 5.91 Å². The summed E-state index contributed by atoms with van der Waals surface area (Å²) in [6.45, 7) is 0.855. The summed E-state index contributed by atoms with van der Waals surface area (Å²) in [4.78, 5) is 18.2. The highest BCUT2D eigenvalue weighted by Gasteiger charge is 2.40. The van der Waals surface area contributed by atoms with Crippen LogP contribution in [0.4, 0.5) is 0 Å². The molecule has 0 aliphatic heterocycles. The molecule has 3 nitrogen and oxygen atoms in total. The Labute approximate surface area is 119 Å². The standard InChI is InChI=1S/C15H19ClN2O/c1-18(9-12-7-10-2-3-11(12)6-10)15(19)14-8-13(16)4-5-17-14/h4-5,8,10-12H,2-3,6-7,9H2,1H3. The third kappa shape index (κ3) is 2.62. The van der Waals surface area contributed by atoms with Gasteiger partial charge < -0.3 is 4.90 Å². The molecular weight excluding hydrogens is 260 g/mol. The molecule has 2 aliphatic rings. The highest BCUT2D eigenvalue weighted by molar-refractivity contribution is 6.30. The first-order valence-corrected chi connectivity index (χ1v) is 7.38. The second-order valence-corrected chi connectivity index (χ2v) is 6.42. The molecule has 102 valence electrons. The van der Waals surface area contributed by atoms with Gasteiger partial charge in [0.05, 0.1) is 0 Å². The summed E-state index contributed by atoms with van der Waals surface area (Å²) < 4.78 is 0. The van der Waals surface area contributed by atoms with Crippen LogP contribution in [0.2, 0.25) is 5.02 Å². The van der Waals surface area contributed by atoms with Crippen molar-refractivity contribution in [2.24, 2.45) is 17.8 Å². The molecule has 3 atom stereocenters. The van der Waals surface area contributed by atoms with E-state index < -0.39 is 0 Å². The zero-order chi connectivity index (χ0) is 13.4. The fraction of sp³-hybridized carbons (Fsp3) is 0.600. The monoisotopic (exact) mass is 278 g/mol. The first kappa shape index (κ1) is 12.9. The van der Waals surface area contributed by atoms with Gasteiger partial charge in [-0.05, 0) is 49.1 Å². The molecule has 0 N–H and O–H groups in total. The number of carbonyl (C=O) groups is 1. The summed E-state index contributed by atoms with van der Waals surface area (Å²) >= 11 is 5.90. The Morgan fingerprint density at radius 1 is 1.47 bits per heavy atom. The molecule has 2 bridgehead atoms. The maximum Gasteiger partial charge on any atom is 0.272 e. The van der Waals surface area contributed by atoms with Crippen molar-refractivity contribution in [3.05, 3.63) is 29.0 Å². The molecule has 2 saturated carbocycles. The largest absolute Gasteiger partial charge is 0.340 e. The molecule has 3 unspecified atom stereocenters. The maximum absolute atomic E-state index is 12.3. The lowest BCUT2D eigenvalue weighted by Crippen LogP contribution is -2.34. The van der Waals surface area contributed by atoms with Gasteiger partial charge in [-0.3, -0.25) is 9.78 Å². The second kappa shape index (κ2) is 5.12. The van der Waals surface area contributed by atoms with Crippen LogP contribution in [0.5, 0.6) is 0 Å². The Morgan fingerprint density at radius 3 is 2.95 bits per heavy atom. The summed E-state index contributed by atoms with van der Waals surface area (Å²) in [5.74, 6) is 2.42. The van der Waals surface area contributed by atoms with Crippen LogP contribution in [-0.2, 0) is 0 Å². The molecule has 2 aliphatic carbocycles. The van der Waals surface area contributed by atoms with Crippen molar-refractivity contribution in [3.63, 3.8) is 0 Å². The Morgan fingerprint density at radius 2 is 2.32 bits per heavy atom. The minimum absolute atomic E-state index is 0.0229. The number of aromatic nitrogens is 1. The fourth-order valence-electron chi connectivity index (χ4n) is 3.75. The molecule has 2 fully saturated rings. The van der Waals surface area contributed by atoms with E-state index in [4.69, 9.17) is 11.6 Å². The molecule has 1 aromatic rings. The molecule has 1 aromatic heterocycles. The van der Waals surface area contributed by atoms with Gasteiger partial charge >= 0.3 is 0 Å². The van der Waals surface area contributed by atoms with Gasteiger partial charge in [0.1, 0.15) is 5.69 Å². The molecule has 3 rings (SSSR count). The topological polar surface area (TPSA) is 33.2 Å². The van der Waals surface area contributed by atoms with Crippen molar-refractivity contribution in [2.45, 2.75) is 25.7 Å². The van der Waals surface area contributed by atoms with Crippen LogP contribution in [0, 0.1) is 17.8 Å². The lowest BCUT2D eigenvalue weighted by molar-refractivity contribution is 0.0748. The van der Waals surface area contributed by atoms with E-state index in [1.54, 1.807) is 18.3 Å². The third-order valence-electron chi connectivity index (χ3n) is 4.68. The van der Waals surface area contributed by atoms with E-state index in [9.17, 15) is 4.79 Å². The van der Waals surface area contributed by atoms with Crippen LogP contribution in [-0.4, -0.2) is 29.4 Å². The van der Waals surface area contributed by atoms with Crippen molar-refractivity contribution in [2.75, 3.05) is 13.6 Å². The van der Waals surface area contributed by atoms with Gasteiger partial charge in [0.2, 0.25) is 0 Å². The predicted molar refractivity (Wildman–Crippen MR) is 75.1 cm³/mol. The molecule has 4 heteroatoms. The summed E-state index contributed by atoms with van der Waals surface area (Å²) in [5, 5.41) is 0.562. The number of hydrogen-bond acceptors (Lipinski definition) is 2. The van der Waals surface area contributed by atoms with E-state index in [0.29, 0.717) is 16.6 Å². The Kier molecular flexibility index (Phi) is 3.48. The van der Waals surface area contributed by atoms with Gasteiger partial charge in [-0.25, -0.2) is 0 Å². The van der Waals surface area contributed by atoms with Crippen LogP contribution in [0.15, 0.2) is 18.3 Å². The number of pyridine rings is 1. The number of nitrogens with zero attached hydrogens (tertiary/aromatic N) is 2. The van der Waals surface area contributed by atoms with Crippen molar-refractivity contribution >= 4 is 17.5 Å². The van der Waals surface area contributed by atoms with Crippen molar-refractivity contribution in [1.29, 1.82) is 0 Å². The highest BCUT2D eigenvalue weighted by Crippen LogP contribution is 2.48. The van der Waals surface area contributed by atoms with Gasteiger partial charge in [0.15, 0.2) is 0 Å². The minimum Gasteiger partial charge on any atom is -0.340 e. The summed E-state index contributed by atoms with van der Waals surface area (Å²) in [6, 6.07) is 3.33. The number of rotatable bonds is 3. The van der Waals surface area contributed by atoms with E-state index in [1.165, 1.54) is 25.7 Å². The fourth-order valence-corrected chi connectivity index (χ4v) is 3.91. The maximum atomic E-state index is 12.3. The zero-order valence-electron chi connectivity index (χ0n) is 11.2. The van der Waals surface area contributed by atoms with Crippen molar-refractivity contribution in [1.82, 2.24) is 9.88 Å². The number of hydrogen-bond donors (Lipinski definition) is 0. The van der Waals surface area contributed by atoms with E-state index in [-0.39, 0.29) is 5.91 Å². The van der Waals surface area contributed by atoms with Crippen LogP contribution in [0.25, 0.3) is 0 Å². The Hall–Kier alpha value is -1.09. The smallest absolute Gasteiger partial charge is 0.272 e. The second-order valence-electron chi connectivity index (χ2n) is 5.98. The summed E-state index contributed by atoms with van der Waals surface area (Å²) in [6.07, 6.45) is 7.01. The lowest BCUT2D eigenvalue weighted by atomic mass is 9.88. The van der Waals surface area contributed by atoms with E-state index >= 15 is 0 Å². The zero-order valence-corrected chi connectivity index (χ0v) is 11.9. The SMILES string of the molecule is CN(CC1CC2CCC1C2)C(=O)c1cc(Cl)ccn1. The van der Waals surface area contributed by atoms with E-state index in [2.05, 4.69) is 4.98 Å². The van der Waals surface area contributed by atoms with Crippen LogP contribution in [0.3, 0.4) is 0 Å².